The number of hydrogen-bond acceptors (Lipinski definition) is 6. The van der Waals surface area contributed by atoms with E-state index in [4.69, 9.17) is 9.84 Å². The summed E-state index contributed by atoms with van der Waals surface area (Å²) in [6, 6.07) is 5.68. The number of rotatable bonds is 5. The van der Waals surface area contributed by atoms with Crippen molar-refractivity contribution in [2.45, 2.75) is 51.2 Å². The predicted molar refractivity (Wildman–Crippen MR) is 121 cm³/mol. The topological polar surface area (TPSA) is 103 Å². The number of nitrogens with one attached hydrogen (secondary N) is 1. The monoisotopic (exact) mass is 444 g/mol. The maximum Gasteiger partial charge on any atom is 0.259 e. The molecular weight excluding hydrogens is 420 g/mol. The van der Waals surface area contributed by atoms with Crippen molar-refractivity contribution in [2.24, 2.45) is 5.92 Å². The van der Waals surface area contributed by atoms with Crippen molar-refractivity contribution in [2.75, 3.05) is 5.32 Å². The van der Waals surface area contributed by atoms with Crippen LogP contribution in [-0.2, 0) is 4.79 Å². The molecule has 2 fully saturated rings. The Labute approximate surface area is 189 Å². The van der Waals surface area contributed by atoms with Crippen LogP contribution in [-0.4, -0.2) is 42.2 Å². The summed E-state index contributed by atoms with van der Waals surface area (Å²) in [6.45, 7) is 2.10. The van der Waals surface area contributed by atoms with Crippen molar-refractivity contribution in [3.63, 3.8) is 0 Å². The smallest absolute Gasteiger partial charge is 0.259 e. The molecule has 9 nitrogen and oxygen atoms in total. The molecule has 9 heteroatoms. The molecule has 0 spiro atoms. The summed E-state index contributed by atoms with van der Waals surface area (Å²) >= 11 is 0. The van der Waals surface area contributed by atoms with Crippen LogP contribution in [0.5, 0.6) is 5.75 Å². The number of fused-ring (bicyclic) bond motifs is 2. The Morgan fingerprint density at radius 1 is 1.24 bits per heavy atom. The van der Waals surface area contributed by atoms with Gasteiger partial charge in [-0.15, -0.1) is 0 Å². The highest BCUT2D eigenvalue weighted by Crippen LogP contribution is 2.35. The summed E-state index contributed by atoms with van der Waals surface area (Å²) in [5, 5.41) is 12.9. The lowest BCUT2D eigenvalue weighted by Gasteiger charge is -2.28. The fourth-order valence-electron chi connectivity index (χ4n) is 4.60. The van der Waals surface area contributed by atoms with Crippen molar-refractivity contribution in [3.05, 3.63) is 48.7 Å². The Hall–Kier alpha value is -3.75. The van der Waals surface area contributed by atoms with Gasteiger partial charge in [-0.1, -0.05) is 6.92 Å². The van der Waals surface area contributed by atoms with Gasteiger partial charge in [-0.25, -0.2) is 9.50 Å². The van der Waals surface area contributed by atoms with Gasteiger partial charge in [0.05, 0.1) is 40.6 Å². The molecule has 1 amide bonds. The molecule has 3 heterocycles. The fourth-order valence-corrected chi connectivity index (χ4v) is 4.60. The molecule has 2 aliphatic carbocycles. The molecule has 168 valence electrons. The van der Waals surface area contributed by atoms with Gasteiger partial charge < -0.3 is 10.1 Å². The summed E-state index contributed by atoms with van der Waals surface area (Å²) in [7, 11) is 0. The molecule has 0 saturated heterocycles. The van der Waals surface area contributed by atoms with Crippen LogP contribution < -0.4 is 10.1 Å². The van der Waals surface area contributed by atoms with Crippen LogP contribution in [0.15, 0.2) is 43.1 Å². The third-order valence-electron chi connectivity index (χ3n) is 6.53. The zero-order chi connectivity index (χ0) is 22.5. The average molecular weight is 444 g/mol. The third-order valence-corrected chi connectivity index (χ3v) is 6.53. The molecule has 4 aromatic rings. The van der Waals surface area contributed by atoms with Crippen molar-refractivity contribution < 1.29 is 14.3 Å². The Bertz CT molecular complexity index is 1390. The molecule has 0 bridgehead atoms. The van der Waals surface area contributed by atoms with E-state index < -0.39 is 0 Å². The summed E-state index contributed by atoms with van der Waals surface area (Å²) < 4.78 is 9.67. The van der Waals surface area contributed by atoms with E-state index in [1.165, 1.54) is 0 Å². The molecule has 0 aliphatic heterocycles. The number of Topliss-reactive ketones (excluding diaryl/α,β-unsaturated/α-hetero) is 1. The third kappa shape index (κ3) is 3.73. The van der Waals surface area contributed by atoms with Crippen molar-refractivity contribution in [1.82, 2.24) is 24.4 Å². The number of aromatic nitrogens is 5. The van der Waals surface area contributed by atoms with Crippen LogP contribution in [0, 0.1) is 5.92 Å². The van der Waals surface area contributed by atoms with Gasteiger partial charge in [0, 0.05) is 36.7 Å². The van der Waals surface area contributed by atoms with Gasteiger partial charge in [-0.2, -0.15) is 10.2 Å². The fraction of sp³-hybridized carbons (Fsp3) is 0.375. The van der Waals surface area contributed by atoms with Gasteiger partial charge in [0.15, 0.2) is 0 Å². The second-order valence-electron chi connectivity index (χ2n) is 9.08. The number of amides is 1. The Morgan fingerprint density at radius 2 is 2.12 bits per heavy atom. The van der Waals surface area contributed by atoms with Crippen LogP contribution in [0.3, 0.4) is 0 Å². The second kappa shape index (κ2) is 7.68. The minimum absolute atomic E-state index is 0.142. The highest BCUT2D eigenvalue weighted by Gasteiger charge is 2.30. The lowest BCUT2D eigenvalue weighted by molar-refractivity contribution is -0.122. The Morgan fingerprint density at radius 3 is 2.94 bits per heavy atom. The van der Waals surface area contributed by atoms with Crippen LogP contribution in [0.2, 0.25) is 0 Å². The van der Waals surface area contributed by atoms with E-state index in [0.717, 1.165) is 35.7 Å². The first kappa shape index (κ1) is 19.9. The number of anilines is 1. The summed E-state index contributed by atoms with van der Waals surface area (Å²) in [6.07, 6.45) is 10.9. The molecule has 33 heavy (non-hydrogen) atoms. The number of ether oxygens (including phenoxy) is 1. The van der Waals surface area contributed by atoms with E-state index in [1.54, 1.807) is 29.3 Å². The molecular formula is C24H24N6O3. The quantitative estimate of drug-likeness (QED) is 0.502. The maximum absolute atomic E-state index is 13.3. The van der Waals surface area contributed by atoms with Crippen molar-refractivity contribution in [1.29, 1.82) is 0 Å². The van der Waals surface area contributed by atoms with E-state index in [1.807, 2.05) is 23.0 Å². The molecule has 1 N–H and O–H groups in total. The zero-order valence-electron chi connectivity index (χ0n) is 18.3. The molecule has 3 aromatic heterocycles. The molecule has 2 aliphatic rings. The first-order valence-electron chi connectivity index (χ1n) is 11.3. The number of hydrogen-bond donors (Lipinski definition) is 1. The van der Waals surface area contributed by atoms with Crippen LogP contribution >= 0.6 is 0 Å². The minimum Gasteiger partial charge on any atom is -0.490 e. The highest BCUT2D eigenvalue weighted by molar-refractivity contribution is 6.09. The lowest BCUT2D eigenvalue weighted by atomic mass is 9.85. The number of benzene rings is 1. The number of carbonyl (C=O) groups excluding carboxylic acids is 2. The van der Waals surface area contributed by atoms with Gasteiger partial charge in [0.25, 0.3) is 5.91 Å². The second-order valence-corrected chi connectivity index (χ2v) is 9.08. The van der Waals surface area contributed by atoms with Crippen LogP contribution in [0.25, 0.3) is 16.4 Å². The van der Waals surface area contributed by atoms with Gasteiger partial charge in [-0.3, -0.25) is 14.3 Å². The first-order chi connectivity index (χ1) is 16.0. The number of ketones is 1. The van der Waals surface area contributed by atoms with Gasteiger partial charge >= 0.3 is 0 Å². The number of carbonyl (C=O) groups is 2. The Balaban J connectivity index is 1.35. The summed E-state index contributed by atoms with van der Waals surface area (Å²) in [5.41, 5.74) is 2.62. The standard InChI is InChI=1S/C24H24N6O3/c1-14-8-16(31)2-5-21(14)29-12-15-9-18(23(10-19(15)28-29)33-17-3-4-17)24(32)27-20-11-26-30-13-25-7-6-22(20)30/h6-7,9-14,17,21H,2-5,8H2,1H3,(H,27,32)/t14-,21-/m0/s1. The molecule has 0 radical (unpaired) electrons. The zero-order valence-corrected chi connectivity index (χ0v) is 18.3. The van der Waals surface area contributed by atoms with Crippen molar-refractivity contribution >= 4 is 33.8 Å². The lowest BCUT2D eigenvalue weighted by Crippen LogP contribution is -2.26. The maximum atomic E-state index is 13.3. The van der Waals surface area contributed by atoms with E-state index >= 15 is 0 Å². The SMILES string of the molecule is C[C@H]1CC(=O)CC[C@@H]1n1cc2cc(C(=O)Nc3cnn4cnccc34)c(OC3CC3)cc2n1. The molecule has 2 atom stereocenters. The summed E-state index contributed by atoms with van der Waals surface area (Å²) in [4.78, 5) is 29.2. The Kier molecular flexibility index (Phi) is 4.63. The average Bonchev–Trinajstić information content (AvgIpc) is 3.38. The normalized spacial score (nSPS) is 20.9. The highest BCUT2D eigenvalue weighted by atomic mass is 16.5. The first-order valence-corrected chi connectivity index (χ1v) is 11.3. The molecule has 2 saturated carbocycles. The predicted octanol–water partition coefficient (Wildman–Crippen LogP) is 3.80. The van der Waals surface area contributed by atoms with E-state index in [0.29, 0.717) is 35.6 Å². The van der Waals surface area contributed by atoms with E-state index in [2.05, 4.69) is 22.3 Å². The molecule has 1 aromatic carbocycles. The minimum atomic E-state index is -0.261. The molecule has 0 unspecified atom stereocenters. The van der Waals surface area contributed by atoms with Gasteiger partial charge in [0.1, 0.15) is 17.9 Å². The van der Waals surface area contributed by atoms with Crippen LogP contribution in [0.4, 0.5) is 5.69 Å². The van der Waals surface area contributed by atoms with Gasteiger partial charge in [-0.05, 0) is 37.3 Å². The summed E-state index contributed by atoms with van der Waals surface area (Å²) in [5.74, 6) is 0.829. The molecule has 6 rings (SSSR count). The number of nitrogens with zero attached hydrogens (tertiary/aromatic N) is 5. The van der Waals surface area contributed by atoms with Gasteiger partial charge in [0.2, 0.25) is 0 Å². The van der Waals surface area contributed by atoms with Crippen LogP contribution in [0.1, 0.15) is 55.4 Å². The largest absolute Gasteiger partial charge is 0.490 e. The van der Waals surface area contributed by atoms with E-state index in [-0.39, 0.29) is 24.0 Å². The van der Waals surface area contributed by atoms with Crippen molar-refractivity contribution in [3.8, 4) is 5.75 Å². The van der Waals surface area contributed by atoms with E-state index in [9.17, 15) is 9.59 Å².